The third-order valence-electron chi connectivity index (χ3n) is 1.50. The molecule has 0 spiro atoms. The topological polar surface area (TPSA) is 32.3 Å². The first-order chi connectivity index (χ1) is 4.72. The Bertz CT molecular complexity index is 78.0. The lowest BCUT2D eigenvalue weighted by atomic mass is 10.1. The fourth-order valence-corrected chi connectivity index (χ4v) is 0.751. The van der Waals surface area contributed by atoms with E-state index in [0.717, 1.165) is 0 Å². The normalized spacial score (nSPS) is 14.1. The van der Waals surface area contributed by atoms with Crippen LogP contribution in [0.3, 0.4) is 0 Å². The Kier molecular flexibility index (Phi) is 5.54. The number of aliphatic hydroxyl groups is 1. The minimum atomic E-state index is -0.372. The highest BCUT2D eigenvalue weighted by molar-refractivity contribution is 4.68. The maximum absolute atomic E-state index is 11.6. The number of alkyl halides is 1. The Morgan fingerprint density at radius 3 is 2.40 bits per heavy atom. The molecular weight excluding hydrogens is 133 g/mol. The zero-order chi connectivity index (χ0) is 7.98. The molecule has 0 fully saturated rings. The molecule has 0 heterocycles. The molecule has 0 aliphatic heterocycles. The molecule has 1 atom stereocenters. The van der Waals surface area contributed by atoms with Crippen LogP contribution in [-0.4, -0.2) is 31.0 Å². The molecule has 0 saturated carbocycles. The summed E-state index contributed by atoms with van der Waals surface area (Å²) in [5.74, 6) is 0.358. The molecule has 0 amide bonds. The van der Waals surface area contributed by atoms with E-state index in [1.165, 1.54) is 0 Å². The highest BCUT2D eigenvalue weighted by atomic mass is 19.1. The average Bonchev–Trinajstić information content (AvgIpc) is 1.89. The summed E-state index contributed by atoms with van der Waals surface area (Å²) in [7, 11) is 0. The predicted molar refractivity (Wildman–Crippen MR) is 39.7 cm³/mol. The second-order valence-corrected chi connectivity index (χ2v) is 2.68. The maximum atomic E-state index is 11.6. The van der Waals surface area contributed by atoms with Crippen LogP contribution in [0.4, 0.5) is 4.39 Å². The fourth-order valence-electron chi connectivity index (χ4n) is 0.751. The van der Waals surface area contributed by atoms with Gasteiger partial charge in [0, 0.05) is 12.6 Å². The van der Waals surface area contributed by atoms with Gasteiger partial charge in [0.2, 0.25) is 0 Å². The van der Waals surface area contributed by atoms with Crippen LogP contribution in [-0.2, 0) is 0 Å². The molecule has 0 rings (SSSR count). The highest BCUT2D eigenvalue weighted by Gasteiger charge is 2.09. The molecule has 0 saturated heterocycles. The summed E-state index contributed by atoms with van der Waals surface area (Å²) < 4.78 is 11.6. The van der Waals surface area contributed by atoms with Crippen molar-refractivity contribution in [2.75, 3.05) is 19.8 Å². The molecule has 0 aliphatic carbocycles. The first-order valence-electron chi connectivity index (χ1n) is 3.62. The molecule has 62 valence electrons. The first kappa shape index (κ1) is 9.85. The van der Waals surface area contributed by atoms with Crippen LogP contribution in [0.5, 0.6) is 0 Å². The molecule has 3 heteroatoms. The Morgan fingerprint density at radius 2 is 2.10 bits per heavy atom. The van der Waals surface area contributed by atoms with Crippen LogP contribution in [0.1, 0.15) is 13.8 Å². The van der Waals surface area contributed by atoms with Crippen LogP contribution >= 0.6 is 0 Å². The van der Waals surface area contributed by atoms with Gasteiger partial charge in [0.1, 0.15) is 6.67 Å². The van der Waals surface area contributed by atoms with Crippen molar-refractivity contribution in [3.8, 4) is 0 Å². The summed E-state index contributed by atoms with van der Waals surface area (Å²) in [5.41, 5.74) is 0. The minimum absolute atomic E-state index is 0.0377. The molecule has 0 aliphatic rings. The lowest BCUT2D eigenvalue weighted by Gasteiger charge is -2.18. The number of hydrogen-bond acceptors (Lipinski definition) is 2. The van der Waals surface area contributed by atoms with E-state index in [1.807, 2.05) is 13.8 Å². The largest absolute Gasteiger partial charge is 0.395 e. The number of hydrogen-bond donors (Lipinski definition) is 2. The van der Waals surface area contributed by atoms with Gasteiger partial charge in [0.15, 0.2) is 0 Å². The van der Waals surface area contributed by atoms with E-state index in [0.29, 0.717) is 12.5 Å². The van der Waals surface area contributed by atoms with Crippen molar-refractivity contribution in [2.24, 2.45) is 5.92 Å². The highest BCUT2D eigenvalue weighted by Crippen LogP contribution is 1.98. The van der Waals surface area contributed by atoms with Gasteiger partial charge in [-0.25, -0.2) is 4.39 Å². The Morgan fingerprint density at radius 1 is 1.50 bits per heavy atom. The van der Waals surface area contributed by atoms with Crippen LogP contribution < -0.4 is 5.32 Å². The maximum Gasteiger partial charge on any atom is 0.102 e. The van der Waals surface area contributed by atoms with E-state index in [4.69, 9.17) is 5.11 Å². The summed E-state index contributed by atoms with van der Waals surface area (Å²) >= 11 is 0. The Balaban J connectivity index is 3.40. The SMILES string of the molecule is CC(C)[C@@H](CO)NCCF. The molecule has 0 aromatic rings. The molecule has 2 N–H and O–H groups in total. The molecule has 0 radical (unpaired) electrons. The van der Waals surface area contributed by atoms with Crippen LogP contribution in [0.2, 0.25) is 0 Å². The van der Waals surface area contributed by atoms with Crippen LogP contribution in [0, 0.1) is 5.92 Å². The number of rotatable bonds is 5. The monoisotopic (exact) mass is 149 g/mol. The fraction of sp³-hybridized carbons (Fsp3) is 1.00. The molecule has 0 bridgehead atoms. The second kappa shape index (κ2) is 5.62. The van der Waals surface area contributed by atoms with Gasteiger partial charge in [0.25, 0.3) is 0 Å². The molecule has 10 heavy (non-hydrogen) atoms. The molecule has 2 nitrogen and oxygen atoms in total. The standard InChI is InChI=1S/C7H16FNO/c1-6(2)7(5-10)9-4-3-8/h6-7,9-10H,3-5H2,1-2H3/t7-/m1/s1. The summed E-state index contributed by atoms with van der Waals surface area (Å²) in [5, 5.41) is 11.6. The van der Waals surface area contributed by atoms with Gasteiger partial charge in [-0.15, -0.1) is 0 Å². The van der Waals surface area contributed by atoms with E-state index >= 15 is 0 Å². The van der Waals surface area contributed by atoms with E-state index in [1.54, 1.807) is 0 Å². The average molecular weight is 149 g/mol. The first-order valence-corrected chi connectivity index (χ1v) is 3.62. The summed E-state index contributed by atoms with van der Waals surface area (Å²) in [6, 6.07) is 0.0377. The molecule has 0 aromatic heterocycles. The number of aliphatic hydroxyl groups excluding tert-OH is 1. The zero-order valence-electron chi connectivity index (χ0n) is 6.60. The van der Waals surface area contributed by atoms with E-state index in [9.17, 15) is 4.39 Å². The lowest BCUT2D eigenvalue weighted by Crippen LogP contribution is -2.38. The van der Waals surface area contributed by atoms with E-state index in [-0.39, 0.29) is 19.3 Å². The lowest BCUT2D eigenvalue weighted by molar-refractivity contribution is 0.208. The van der Waals surface area contributed by atoms with Gasteiger partial charge in [-0.3, -0.25) is 0 Å². The van der Waals surface area contributed by atoms with Crippen molar-refractivity contribution in [1.82, 2.24) is 5.32 Å². The number of nitrogens with one attached hydrogen (secondary N) is 1. The van der Waals surface area contributed by atoms with Gasteiger partial charge >= 0.3 is 0 Å². The van der Waals surface area contributed by atoms with Crippen molar-refractivity contribution in [1.29, 1.82) is 0 Å². The van der Waals surface area contributed by atoms with Crippen molar-refractivity contribution >= 4 is 0 Å². The Labute approximate surface area is 61.4 Å². The van der Waals surface area contributed by atoms with Gasteiger partial charge < -0.3 is 10.4 Å². The van der Waals surface area contributed by atoms with Gasteiger partial charge in [0.05, 0.1) is 6.61 Å². The zero-order valence-corrected chi connectivity index (χ0v) is 6.60. The van der Waals surface area contributed by atoms with Gasteiger partial charge in [-0.2, -0.15) is 0 Å². The van der Waals surface area contributed by atoms with Crippen LogP contribution in [0.15, 0.2) is 0 Å². The van der Waals surface area contributed by atoms with Crippen molar-refractivity contribution < 1.29 is 9.50 Å². The molecule has 0 unspecified atom stereocenters. The van der Waals surface area contributed by atoms with Gasteiger partial charge in [-0.05, 0) is 5.92 Å². The predicted octanol–water partition coefficient (Wildman–Crippen LogP) is 0.562. The van der Waals surface area contributed by atoms with Crippen molar-refractivity contribution in [2.45, 2.75) is 19.9 Å². The minimum Gasteiger partial charge on any atom is -0.395 e. The smallest absolute Gasteiger partial charge is 0.102 e. The second-order valence-electron chi connectivity index (χ2n) is 2.68. The molecular formula is C7H16FNO. The molecule has 0 aromatic carbocycles. The van der Waals surface area contributed by atoms with Crippen molar-refractivity contribution in [3.63, 3.8) is 0 Å². The van der Waals surface area contributed by atoms with Crippen molar-refractivity contribution in [3.05, 3.63) is 0 Å². The summed E-state index contributed by atoms with van der Waals surface area (Å²) in [4.78, 5) is 0. The summed E-state index contributed by atoms with van der Waals surface area (Å²) in [6.07, 6.45) is 0. The Hall–Kier alpha value is -0.150. The van der Waals surface area contributed by atoms with E-state index in [2.05, 4.69) is 5.32 Å². The third-order valence-corrected chi connectivity index (χ3v) is 1.50. The van der Waals surface area contributed by atoms with Gasteiger partial charge in [-0.1, -0.05) is 13.8 Å². The summed E-state index contributed by atoms with van der Waals surface area (Å²) in [6.45, 7) is 4.03. The van der Waals surface area contributed by atoms with Crippen LogP contribution in [0.25, 0.3) is 0 Å². The number of halogens is 1. The third kappa shape index (κ3) is 3.80. The van der Waals surface area contributed by atoms with E-state index < -0.39 is 0 Å². The quantitative estimate of drug-likeness (QED) is 0.598.